The normalized spacial score (nSPS) is 10.6. The van der Waals surface area contributed by atoms with E-state index in [2.05, 4.69) is 15.5 Å². The van der Waals surface area contributed by atoms with Crippen molar-refractivity contribution in [3.63, 3.8) is 0 Å². The highest BCUT2D eigenvalue weighted by molar-refractivity contribution is 7.99. The van der Waals surface area contributed by atoms with Gasteiger partial charge in [0.15, 0.2) is 0 Å². The molecule has 0 spiro atoms. The Morgan fingerprint density at radius 3 is 2.85 bits per heavy atom. The third-order valence-electron chi connectivity index (χ3n) is 3.27. The first-order valence-electron chi connectivity index (χ1n) is 7.41. The zero-order valence-electron chi connectivity index (χ0n) is 13.5. The Kier molecular flexibility index (Phi) is 5.75. The van der Waals surface area contributed by atoms with Crippen molar-refractivity contribution in [2.75, 3.05) is 18.2 Å². The lowest BCUT2D eigenvalue weighted by Gasteiger charge is -2.07. The number of amides is 1. The van der Waals surface area contributed by atoms with Crippen LogP contribution in [0.5, 0.6) is 5.75 Å². The monoisotopic (exact) mass is 393 g/mol. The topological polar surface area (TPSA) is 77.2 Å². The number of nitrogens with zero attached hydrogens (tertiary/aromatic N) is 2. The van der Waals surface area contributed by atoms with E-state index in [0.29, 0.717) is 16.5 Å². The quantitative estimate of drug-likeness (QED) is 0.630. The second kappa shape index (κ2) is 8.20. The number of aromatic nitrogens is 2. The average molecular weight is 394 g/mol. The molecule has 0 aliphatic carbocycles. The highest BCUT2D eigenvalue weighted by Crippen LogP contribution is 2.28. The molecule has 0 saturated heterocycles. The van der Waals surface area contributed by atoms with Crippen LogP contribution < -0.4 is 10.1 Å². The second-order valence-corrected chi connectivity index (χ2v) is 6.37. The van der Waals surface area contributed by atoms with Crippen LogP contribution in [0.1, 0.15) is 0 Å². The Morgan fingerprint density at radius 1 is 1.31 bits per heavy atom. The highest BCUT2D eigenvalue weighted by Gasteiger charge is 2.14. The summed E-state index contributed by atoms with van der Waals surface area (Å²) >= 11 is 7.06. The number of hydrogen-bond acceptors (Lipinski definition) is 6. The first-order valence-corrected chi connectivity index (χ1v) is 8.78. The summed E-state index contributed by atoms with van der Waals surface area (Å²) in [5.41, 5.74) is 0.753. The molecule has 1 amide bonds. The number of thioether (sulfide) groups is 1. The van der Waals surface area contributed by atoms with Crippen molar-refractivity contribution in [2.45, 2.75) is 5.22 Å². The second-order valence-electron chi connectivity index (χ2n) is 5.04. The summed E-state index contributed by atoms with van der Waals surface area (Å²) in [6.45, 7) is 0. The molecule has 6 nitrogen and oxygen atoms in total. The van der Waals surface area contributed by atoms with Crippen LogP contribution in [0.3, 0.4) is 0 Å². The van der Waals surface area contributed by atoms with Crippen LogP contribution in [0.4, 0.5) is 10.1 Å². The van der Waals surface area contributed by atoms with Crippen molar-refractivity contribution >= 4 is 35.0 Å². The molecular formula is C17H13ClFN3O3S. The van der Waals surface area contributed by atoms with Crippen molar-refractivity contribution in [1.29, 1.82) is 0 Å². The maximum absolute atomic E-state index is 13.7. The fourth-order valence-corrected chi connectivity index (χ4v) is 2.90. The molecule has 1 heterocycles. The smallest absolute Gasteiger partial charge is 0.277 e. The van der Waals surface area contributed by atoms with Gasteiger partial charge in [-0.15, -0.1) is 10.2 Å². The van der Waals surface area contributed by atoms with Crippen LogP contribution in [0.25, 0.3) is 11.5 Å². The summed E-state index contributed by atoms with van der Waals surface area (Å²) in [5.74, 6) is -0.107. The van der Waals surface area contributed by atoms with Gasteiger partial charge in [-0.1, -0.05) is 35.5 Å². The van der Waals surface area contributed by atoms with E-state index in [-0.39, 0.29) is 28.3 Å². The molecule has 0 aliphatic heterocycles. The number of rotatable bonds is 6. The van der Waals surface area contributed by atoms with Crippen LogP contribution in [-0.4, -0.2) is 29.0 Å². The summed E-state index contributed by atoms with van der Waals surface area (Å²) in [4.78, 5) is 12.0. The number of halogens is 2. The number of nitrogens with one attached hydrogen (secondary N) is 1. The number of hydrogen-bond donors (Lipinski definition) is 1. The van der Waals surface area contributed by atoms with Gasteiger partial charge in [-0.05, 0) is 30.3 Å². The molecule has 1 N–H and O–H groups in total. The van der Waals surface area contributed by atoms with Gasteiger partial charge in [-0.3, -0.25) is 4.79 Å². The Morgan fingerprint density at radius 2 is 2.12 bits per heavy atom. The minimum absolute atomic E-state index is 0.0442. The summed E-state index contributed by atoms with van der Waals surface area (Å²) in [6, 6.07) is 11.0. The van der Waals surface area contributed by atoms with E-state index >= 15 is 0 Å². The van der Waals surface area contributed by atoms with Gasteiger partial charge in [-0.25, -0.2) is 4.39 Å². The Labute approximate surface area is 157 Å². The number of carbonyl (C=O) groups is 1. The van der Waals surface area contributed by atoms with Gasteiger partial charge in [-0.2, -0.15) is 0 Å². The maximum Gasteiger partial charge on any atom is 0.277 e. The van der Waals surface area contributed by atoms with Crippen molar-refractivity contribution in [3.05, 3.63) is 53.3 Å². The van der Waals surface area contributed by atoms with E-state index < -0.39 is 5.82 Å². The number of benzene rings is 2. The molecule has 0 saturated carbocycles. The predicted molar refractivity (Wildman–Crippen MR) is 97.0 cm³/mol. The van der Waals surface area contributed by atoms with E-state index in [1.165, 1.54) is 19.2 Å². The predicted octanol–water partition coefficient (Wildman–Crippen LogP) is 4.27. The van der Waals surface area contributed by atoms with Crippen LogP contribution in [-0.2, 0) is 4.79 Å². The molecule has 0 unspecified atom stereocenters. The minimum atomic E-state index is -0.457. The van der Waals surface area contributed by atoms with Gasteiger partial charge in [0.1, 0.15) is 11.6 Å². The summed E-state index contributed by atoms with van der Waals surface area (Å²) in [7, 11) is 1.51. The van der Waals surface area contributed by atoms with Gasteiger partial charge in [0.2, 0.25) is 5.91 Å². The molecule has 3 rings (SSSR count). The van der Waals surface area contributed by atoms with E-state index in [0.717, 1.165) is 11.8 Å². The third kappa shape index (κ3) is 4.33. The van der Waals surface area contributed by atoms with Crippen LogP contribution in [0.15, 0.2) is 52.1 Å². The molecule has 134 valence electrons. The van der Waals surface area contributed by atoms with E-state index in [1.54, 1.807) is 30.3 Å². The number of ether oxygens (including phenoxy) is 1. The molecule has 9 heteroatoms. The lowest BCUT2D eigenvalue weighted by molar-refractivity contribution is -0.113. The number of carbonyl (C=O) groups excluding carboxylic acids is 1. The van der Waals surface area contributed by atoms with Gasteiger partial charge >= 0.3 is 0 Å². The molecule has 3 aromatic rings. The first kappa shape index (κ1) is 18.2. The highest BCUT2D eigenvalue weighted by atomic mass is 35.5. The Hall–Kier alpha value is -2.58. The first-order chi connectivity index (χ1) is 12.6. The zero-order chi connectivity index (χ0) is 18.5. The van der Waals surface area contributed by atoms with Crippen LogP contribution in [0, 0.1) is 5.82 Å². The van der Waals surface area contributed by atoms with Gasteiger partial charge in [0.05, 0.1) is 23.4 Å². The lowest BCUT2D eigenvalue weighted by atomic mass is 10.2. The van der Waals surface area contributed by atoms with Gasteiger partial charge in [0.25, 0.3) is 11.1 Å². The maximum atomic E-state index is 13.7. The van der Waals surface area contributed by atoms with Crippen molar-refractivity contribution in [1.82, 2.24) is 10.2 Å². The molecule has 0 radical (unpaired) electrons. The molecule has 0 fully saturated rings. The van der Waals surface area contributed by atoms with Crippen LogP contribution in [0.2, 0.25) is 5.02 Å². The average Bonchev–Trinajstić information content (AvgIpc) is 3.09. The molecule has 26 heavy (non-hydrogen) atoms. The molecule has 0 atom stereocenters. The van der Waals surface area contributed by atoms with Crippen molar-refractivity contribution < 1.29 is 18.3 Å². The fraction of sp³-hybridized carbons (Fsp3) is 0.118. The Balaban J connectivity index is 1.58. The van der Waals surface area contributed by atoms with Crippen LogP contribution >= 0.6 is 23.4 Å². The van der Waals surface area contributed by atoms with Gasteiger partial charge < -0.3 is 14.5 Å². The minimum Gasteiger partial charge on any atom is -0.495 e. The zero-order valence-corrected chi connectivity index (χ0v) is 15.1. The molecular weight excluding hydrogens is 381 g/mol. The SMILES string of the molecule is COc1ccc(NC(=O)CSc2nnc(-c3ccccc3F)o2)cc1Cl. The van der Waals surface area contributed by atoms with E-state index in [4.69, 9.17) is 20.8 Å². The summed E-state index contributed by atoms with van der Waals surface area (Å²) < 4.78 is 24.1. The molecule has 2 aromatic carbocycles. The Bertz CT molecular complexity index is 935. The standard InChI is InChI=1S/C17H13ClFN3O3S/c1-24-14-7-6-10(8-12(14)18)20-15(23)9-26-17-22-21-16(25-17)11-4-2-3-5-13(11)19/h2-8H,9H2,1H3,(H,20,23). The third-order valence-corrected chi connectivity index (χ3v) is 4.39. The van der Waals surface area contributed by atoms with E-state index in [9.17, 15) is 9.18 Å². The largest absolute Gasteiger partial charge is 0.495 e. The summed E-state index contributed by atoms with van der Waals surface area (Å²) in [5, 5.41) is 10.9. The summed E-state index contributed by atoms with van der Waals surface area (Å²) in [6.07, 6.45) is 0. The van der Waals surface area contributed by atoms with Crippen molar-refractivity contribution in [2.24, 2.45) is 0 Å². The van der Waals surface area contributed by atoms with Crippen molar-refractivity contribution in [3.8, 4) is 17.2 Å². The number of methoxy groups -OCH3 is 1. The molecule has 0 aliphatic rings. The molecule has 1 aromatic heterocycles. The fourth-order valence-electron chi connectivity index (χ4n) is 2.08. The lowest BCUT2D eigenvalue weighted by Crippen LogP contribution is -2.14. The van der Waals surface area contributed by atoms with Gasteiger partial charge in [0, 0.05) is 5.69 Å². The van der Waals surface area contributed by atoms with E-state index in [1.807, 2.05) is 0 Å². The molecule has 0 bridgehead atoms. The number of anilines is 1.